The summed E-state index contributed by atoms with van der Waals surface area (Å²) in [4.78, 5) is 0. The molecule has 0 aliphatic rings. The highest BCUT2D eigenvalue weighted by Gasteiger charge is 2.13. The molecule has 0 aromatic heterocycles. The maximum absolute atomic E-state index is 9.62. The molecule has 1 atom stereocenters. The monoisotopic (exact) mass is 193 g/mol. The highest BCUT2D eigenvalue weighted by molar-refractivity contribution is 5.25. The summed E-state index contributed by atoms with van der Waals surface area (Å²) < 4.78 is 0. The molecule has 0 radical (unpaired) electrons. The third-order valence-corrected chi connectivity index (χ3v) is 2.14. The highest BCUT2D eigenvalue weighted by atomic mass is 16.3. The molecule has 2 nitrogen and oxygen atoms in total. The van der Waals surface area contributed by atoms with Crippen LogP contribution in [0, 0.1) is 0 Å². The average molecular weight is 193 g/mol. The van der Waals surface area contributed by atoms with Crippen LogP contribution in [-0.2, 0) is 6.42 Å². The third kappa shape index (κ3) is 3.48. The lowest BCUT2D eigenvalue weighted by atomic mass is 9.97. The Morgan fingerprint density at radius 3 is 2.14 bits per heavy atom. The first kappa shape index (κ1) is 11.2. The smallest absolute Gasteiger partial charge is 0.0631 e. The van der Waals surface area contributed by atoms with Crippen molar-refractivity contribution in [2.75, 3.05) is 0 Å². The lowest BCUT2D eigenvalue weighted by Crippen LogP contribution is -2.21. The van der Waals surface area contributed by atoms with Gasteiger partial charge in [-0.1, -0.05) is 24.3 Å². The normalized spacial score (nSPS) is 14.1. The average Bonchev–Trinajstić information content (AvgIpc) is 2.02. The van der Waals surface area contributed by atoms with Crippen molar-refractivity contribution < 1.29 is 5.11 Å². The summed E-state index contributed by atoms with van der Waals surface area (Å²) in [5.41, 5.74) is 7.37. The summed E-state index contributed by atoms with van der Waals surface area (Å²) in [6, 6.07) is 8.16. The molecule has 0 aliphatic heterocycles. The molecule has 0 spiro atoms. The quantitative estimate of drug-likeness (QED) is 0.771. The summed E-state index contributed by atoms with van der Waals surface area (Å²) in [6.45, 7) is 5.59. The topological polar surface area (TPSA) is 46.2 Å². The molecule has 1 aromatic carbocycles. The standard InChI is InChI=1S/C12H19NO/c1-9(13)11-6-4-10(5-7-11)8-12(2,3)14/h4-7,9,14H,8,13H2,1-3H3. The minimum atomic E-state index is -0.643. The van der Waals surface area contributed by atoms with E-state index in [-0.39, 0.29) is 6.04 Å². The largest absolute Gasteiger partial charge is 0.390 e. The van der Waals surface area contributed by atoms with Gasteiger partial charge in [-0.3, -0.25) is 0 Å². The van der Waals surface area contributed by atoms with Crippen LogP contribution in [0.1, 0.15) is 37.9 Å². The van der Waals surface area contributed by atoms with Crippen LogP contribution in [0.2, 0.25) is 0 Å². The second-order valence-corrected chi connectivity index (χ2v) is 4.52. The van der Waals surface area contributed by atoms with Gasteiger partial charge in [0.1, 0.15) is 0 Å². The van der Waals surface area contributed by atoms with Crippen molar-refractivity contribution in [1.82, 2.24) is 0 Å². The van der Waals surface area contributed by atoms with Gasteiger partial charge in [0.05, 0.1) is 5.60 Å². The van der Waals surface area contributed by atoms with Gasteiger partial charge in [-0.25, -0.2) is 0 Å². The van der Waals surface area contributed by atoms with E-state index in [4.69, 9.17) is 5.73 Å². The van der Waals surface area contributed by atoms with Gasteiger partial charge in [0.25, 0.3) is 0 Å². The molecular formula is C12H19NO. The molecule has 3 N–H and O–H groups in total. The van der Waals surface area contributed by atoms with Gasteiger partial charge in [-0.15, -0.1) is 0 Å². The molecule has 1 aromatic rings. The van der Waals surface area contributed by atoms with E-state index in [9.17, 15) is 5.11 Å². The Bertz CT molecular complexity index is 282. The first-order valence-electron chi connectivity index (χ1n) is 4.95. The predicted molar refractivity (Wildman–Crippen MR) is 59.0 cm³/mol. The SMILES string of the molecule is CC(N)c1ccc(CC(C)(C)O)cc1. The van der Waals surface area contributed by atoms with Crippen molar-refractivity contribution in [3.8, 4) is 0 Å². The zero-order chi connectivity index (χ0) is 10.8. The third-order valence-electron chi connectivity index (χ3n) is 2.14. The van der Waals surface area contributed by atoms with E-state index in [1.54, 1.807) is 0 Å². The Hall–Kier alpha value is -0.860. The van der Waals surface area contributed by atoms with Crippen molar-refractivity contribution >= 4 is 0 Å². The number of hydrogen-bond acceptors (Lipinski definition) is 2. The molecule has 0 fully saturated rings. The first-order valence-corrected chi connectivity index (χ1v) is 4.95. The Balaban J connectivity index is 2.74. The highest BCUT2D eigenvalue weighted by Crippen LogP contribution is 2.15. The van der Waals surface area contributed by atoms with Crippen molar-refractivity contribution in [3.63, 3.8) is 0 Å². The van der Waals surface area contributed by atoms with E-state index in [1.807, 2.05) is 45.0 Å². The maximum atomic E-state index is 9.62. The van der Waals surface area contributed by atoms with Crippen LogP contribution in [0.25, 0.3) is 0 Å². The van der Waals surface area contributed by atoms with Gasteiger partial charge in [0.2, 0.25) is 0 Å². The minimum absolute atomic E-state index is 0.0752. The first-order chi connectivity index (χ1) is 6.38. The molecule has 0 saturated carbocycles. The fourth-order valence-electron chi connectivity index (χ4n) is 1.44. The van der Waals surface area contributed by atoms with Crippen LogP contribution in [0.15, 0.2) is 24.3 Å². The molecule has 0 bridgehead atoms. The summed E-state index contributed by atoms with van der Waals surface area (Å²) in [5.74, 6) is 0. The van der Waals surface area contributed by atoms with Crippen LogP contribution >= 0.6 is 0 Å². The molecule has 1 unspecified atom stereocenters. The fraction of sp³-hybridized carbons (Fsp3) is 0.500. The van der Waals surface area contributed by atoms with Crippen molar-refractivity contribution in [2.24, 2.45) is 5.73 Å². The zero-order valence-electron chi connectivity index (χ0n) is 9.12. The van der Waals surface area contributed by atoms with Gasteiger partial charge in [0, 0.05) is 12.5 Å². The fourth-order valence-corrected chi connectivity index (χ4v) is 1.44. The summed E-state index contributed by atoms with van der Waals surface area (Å²) in [5, 5.41) is 9.62. The van der Waals surface area contributed by atoms with Crippen LogP contribution in [0.3, 0.4) is 0 Å². The van der Waals surface area contributed by atoms with Gasteiger partial charge in [0.15, 0.2) is 0 Å². The molecule has 0 aliphatic carbocycles. The van der Waals surface area contributed by atoms with Gasteiger partial charge in [-0.2, -0.15) is 0 Å². The number of hydrogen-bond donors (Lipinski definition) is 2. The zero-order valence-corrected chi connectivity index (χ0v) is 9.12. The van der Waals surface area contributed by atoms with E-state index in [2.05, 4.69) is 0 Å². The number of benzene rings is 1. The number of nitrogens with two attached hydrogens (primary N) is 1. The van der Waals surface area contributed by atoms with Crippen LogP contribution in [0.4, 0.5) is 0 Å². The summed E-state index contributed by atoms with van der Waals surface area (Å²) in [7, 11) is 0. The maximum Gasteiger partial charge on any atom is 0.0631 e. The summed E-state index contributed by atoms with van der Waals surface area (Å²) >= 11 is 0. The Labute approximate surface area is 85.8 Å². The lowest BCUT2D eigenvalue weighted by molar-refractivity contribution is 0.0810. The van der Waals surface area contributed by atoms with Crippen molar-refractivity contribution in [2.45, 2.75) is 38.8 Å². The minimum Gasteiger partial charge on any atom is -0.390 e. The molecule has 0 amide bonds. The van der Waals surface area contributed by atoms with E-state index >= 15 is 0 Å². The molecule has 0 saturated heterocycles. The van der Waals surface area contributed by atoms with E-state index in [0.717, 1.165) is 11.1 Å². The Morgan fingerprint density at radius 2 is 1.79 bits per heavy atom. The molecule has 14 heavy (non-hydrogen) atoms. The van der Waals surface area contributed by atoms with Crippen molar-refractivity contribution in [3.05, 3.63) is 35.4 Å². The molecule has 0 heterocycles. The molecule has 78 valence electrons. The number of aliphatic hydroxyl groups is 1. The molecule has 1 rings (SSSR count). The van der Waals surface area contributed by atoms with Crippen LogP contribution < -0.4 is 5.73 Å². The second-order valence-electron chi connectivity index (χ2n) is 4.52. The van der Waals surface area contributed by atoms with Crippen LogP contribution in [0.5, 0.6) is 0 Å². The molecular weight excluding hydrogens is 174 g/mol. The Morgan fingerprint density at radius 1 is 1.29 bits per heavy atom. The summed E-state index contributed by atoms with van der Waals surface area (Å²) in [6.07, 6.45) is 0.673. The van der Waals surface area contributed by atoms with E-state index in [1.165, 1.54) is 0 Å². The van der Waals surface area contributed by atoms with Gasteiger partial charge >= 0.3 is 0 Å². The number of rotatable bonds is 3. The van der Waals surface area contributed by atoms with E-state index < -0.39 is 5.60 Å². The van der Waals surface area contributed by atoms with Crippen LogP contribution in [-0.4, -0.2) is 10.7 Å². The lowest BCUT2D eigenvalue weighted by Gasteiger charge is -2.17. The van der Waals surface area contributed by atoms with Gasteiger partial charge in [-0.05, 0) is 31.9 Å². The second kappa shape index (κ2) is 4.11. The molecule has 2 heteroatoms. The van der Waals surface area contributed by atoms with Gasteiger partial charge < -0.3 is 10.8 Å². The van der Waals surface area contributed by atoms with Crippen molar-refractivity contribution in [1.29, 1.82) is 0 Å². The van der Waals surface area contributed by atoms with E-state index in [0.29, 0.717) is 6.42 Å². The predicted octanol–water partition coefficient (Wildman–Crippen LogP) is 2.02. The Kier molecular flexibility index (Phi) is 3.29.